The molecular weight excluding hydrogens is 398 g/mol. The molecule has 2 aromatic rings. The second-order valence-corrected chi connectivity index (χ2v) is 7.69. The Kier molecular flexibility index (Phi) is 5.82. The van der Waals surface area contributed by atoms with Gasteiger partial charge in [0.15, 0.2) is 0 Å². The van der Waals surface area contributed by atoms with Gasteiger partial charge in [-0.25, -0.2) is 8.42 Å². The lowest BCUT2D eigenvalue weighted by molar-refractivity contribution is -0.385. The summed E-state index contributed by atoms with van der Waals surface area (Å²) < 4.78 is 26.9. The van der Waals surface area contributed by atoms with Crippen LogP contribution in [0.25, 0.3) is 0 Å². The second-order valence-electron chi connectivity index (χ2n) is 5.42. The lowest BCUT2D eigenvalue weighted by Gasteiger charge is -2.24. The monoisotopic (exact) mass is 411 g/mol. The molecule has 0 atom stereocenters. The van der Waals surface area contributed by atoms with Crippen molar-refractivity contribution in [3.8, 4) is 0 Å². The van der Waals surface area contributed by atoms with Gasteiger partial charge in [-0.3, -0.25) is 24.5 Å². The van der Waals surface area contributed by atoms with E-state index in [9.17, 15) is 28.6 Å². The van der Waals surface area contributed by atoms with Crippen molar-refractivity contribution < 1.29 is 18.3 Å². The van der Waals surface area contributed by atoms with Gasteiger partial charge in [-0.1, -0.05) is 23.7 Å². The van der Waals surface area contributed by atoms with E-state index in [0.717, 1.165) is 22.5 Å². The molecule has 2 rings (SSSR count). The number of hydrogen-bond donors (Lipinski definition) is 0. The number of halogens is 1. The quantitative estimate of drug-likeness (QED) is 0.387. The van der Waals surface area contributed by atoms with Crippen LogP contribution in [0, 0.1) is 27.2 Å². The van der Waals surface area contributed by atoms with Gasteiger partial charge in [0.25, 0.3) is 21.4 Å². The van der Waals surface area contributed by atoms with Crippen molar-refractivity contribution in [2.75, 3.05) is 10.8 Å². The van der Waals surface area contributed by atoms with Gasteiger partial charge in [0.05, 0.1) is 32.0 Å². The Labute approximate surface area is 159 Å². The van der Waals surface area contributed by atoms with Crippen LogP contribution in [0.4, 0.5) is 17.1 Å². The standard InChI is InChI=1S/C16H14ClN3O6S/c1-3-8-18(16-9-12(19(21)22)5-7-14(16)17)27(25,26)13-6-4-11(2)15(10-13)20(23)24/h3-7,9-10H,1,8H2,2H3. The van der Waals surface area contributed by atoms with Crippen LogP contribution in [0.3, 0.4) is 0 Å². The Balaban J connectivity index is 2.68. The van der Waals surface area contributed by atoms with Gasteiger partial charge in [-0.05, 0) is 19.1 Å². The van der Waals surface area contributed by atoms with Crippen molar-refractivity contribution >= 4 is 38.7 Å². The molecule has 0 aliphatic carbocycles. The highest BCUT2D eigenvalue weighted by atomic mass is 35.5. The number of benzene rings is 2. The minimum Gasteiger partial charge on any atom is -0.261 e. The normalized spacial score (nSPS) is 11.0. The van der Waals surface area contributed by atoms with E-state index < -0.39 is 19.9 Å². The van der Waals surface area contributed by atoms with Crippen molar-refractivity contribution in [2.45, 2.75) is 11.8 Å². The van der Waals surface area contributed by atoms with Crippen LogP contribution < -0.4 is 4.31 Å². The summed E-state index contributed by atoms with van der Waals surface area (Å²) in [6.45, 7) is 4.72. The van der Waals surface area contributed by atoms with E-state index >= 15 is 0 Å². The molecule has 0 saturated heterocycles. The van der Waals surface area contributed by atoms with Crippen LogP contribution in [0.1, 0.15) is 5.56 Å². The smallest absolute Gasteiger partial charge is 0.261 e. The summed E-state index contributed by atoms with van der Waals surface area (Å²) in [6.07, 6.45) is 1.27. The predicted octanol–water partition coefficient (Wildman–Crippen LogP) is 3.85. The van der Waals surface area contributed by atoms with Gasteiger partial charge >= 0.3 is 0 Å². The largest absolute Gasteiger partial charge is 0.273 e. The Morgan fingerprint density at radius 2 is 1.81 bits per heavy atom. The van der Waals surface area contributed by atoms with Crippen LogP contribution in [0.15, 0.2) is 53.9 Å². The minimum atomic E-state index is -4.30. The Hall–Kier alpha value is -2.98. The molecule has 27 heavy (non-hydrogen) atoms. The second kappa shape index (κ2) is 7.72. The molecule has 0 aliphatic heterocycles. The molecule has 2 aromatic carbocycles. The lowest BCUT2D eigenvalue weighted by Crippen LogP contribution is -2.31. The number of aryl methyl sites for hydroxylation is 1. The zero-order chi connectivity index (χ0) is 20.4. The van der Waals surface area contributed by atoms with Crippen LogP contribution in [-0.2, 0) is 10.0 Å². The molecule has 0 amide bonds. The molecule has 0 aromatic heterocycles. The highest BCUT2D eigenvalue weighted by Crippen LogP contribution is 2.34. The molecule has 142 valence electrons. The van der Waals surface area contributed by atoms with E-state index in [-0.39, 0.29) is 33.5 Å². The summed E-state index contributed by atoms with van der Waals surface area (Å²) in [4.78, 5) is 20.4. The van der Waals surface area contributed by atoms with Gasteiger partial charge in [0.2, 0.25) is 0 Å². The molecule has 0 N–H and O–H groups in total. The van der Waals surface area contributed by atoms with E-state index in [2.05, 4.69) is 6.58 Å². The zero-order valence-electron chi connectivity index (χ0n) is 14.0. The predicted molar refractivity (Wildman–Crippen MR) is 101 cm³/mol. The molecule has 0 heterocycles. The summed E-state index contributed by atoms with van der Waals surface area (Å²) in [5, 5.41) is 22.1. The van der Waals surface area contributed by atoms with Gasteiger partial charge < -0.3 is 0 Å². The highest BCUT2D eigenvalue weighted by Gasteiger charge is 2.29. The summed E-state index contributed by atoms with van der Waals surface area (Å²) >= 11 is 6.06. The van der Waals surface area contributed by atoms with E-state index in [1.165, 1.54) is 31.2 Å². The first-order valence-corrected chi connectivity index (χ1v) is 9.24. The van der Waals surface area contributed by atoms with Crippen molar-refractivity contribution in [3.63, 3.8) is 0 Å². The van der Waals surface area contributed by atoms with Crippen molar-refractivity contribution in [1.82, 2.24) is 0 Å². The van der Waals surface area contributed by atoms with Crippen LogP contribution >= 0.6 is 11.6 Å². The maximum absolute atomic E-state index is 13.1. The Morgan fingerprint density at radius 1 is 1.15 bits per heavy atom. The third-order valence-electron chi connectivity index (χ3n) is 3.67. The number of rotatable bonds is 7. The van der Waals surface area contributed by atoms with E-state index in [0.29, 0.717) is 5.56 Å². The molecule has 11 heteroatoms. The van der Waals surface area contributed by atoms with Crippen molar-refractivity contribution in [3.05, 3.63) is 79.9 Å². The fourth-order valence-electron chi connectivity index (χ4n) is 2.32. The minimum absolute atomic E-state index is 0.0346. The summed E-state index contributed by atoms with van der Waals surface area (Å²) in [7, 11) is -4.30. The lowest BCUT2D eigenvalue weighted by atomic mass is 10.2. The zero-order valence-corrected chi connectivity index (χ0v) is 15.6. The molecular formula is C16H14ClN3O6S. The molecule has 0 aliphatic rings. The summed E-state index contributed by atoms with van der Waals surface area (Å²) in [6, 6.07) is 6.84. The summed E-state index contributed by atoms with van der Waals surface area (Å²) in [5.41, 5.74) is -0.551. The average molecular weight is 412 g/mol. The molecule has 0 bridgehead atoms. The highest BCUT2D eigenvalue weighted by molar-refractivity contribution is 7.92. The number of nitrogens with zero attached hydrogens (tertiary/aromatic N) is 3. The Morgan fingerprint density at radius 3 is 2.37 bits per heavy atom. The maximum Gasteiger partial charge on any atom is 0.273 e. The van der Waals surface area contributed by atoms with Gasteiger partial charge in [0.1, 0.15) is 0 Å². The molecule has 9 nitrogen and oxygen atoms in total. The number of anilines is 1. The van der Waals surface area contributed by atoms with Gasteiger partial charge in [-0.2, -0.15) is 0 Å². The molecule has 0 saturated carbocycles. The third kappa shape index (κ3) is 4.07. The first-order chi connectivity index (χ1) is 12.6. The number of hydrogen-bond acceptors (Lipinski definition) is 6. The third-order valence-corrected chi connectivity index (χ3v) is 5.76. The van der Waals surface area contributed by atoms with Gasteiger partial charge in [0, 0.05) is 23.8 Å². The number of nitro benzene ring substituents is 2. The first kappa shape index (κ1) is 20.3. The van der Waals surface area contributed by atoms with Crippen LogP contribution in [0.2, 0.25) is 5.02 Å². The van der Waals surface area contributed by atoms with E-state index in [1.54, 1.807) is 0 Å². The van der Waals surface area contributed by atoms with E-state index in [1.807, 2.05) is 0 Å². The Bertz CT molecular complexity index is 1040. The molecule has 0 radical (unpaired) electrons. The molecule has 0 spiro atoms. The average Bonchev–Trinajstić information content (AvgIpc) is 2.60. The number of sulfonamides is 1. The summed E-state index contributed by atoms with van der Waals surface area (Å²) in [5.74, 6) is 0. The van der Waals surface area contributed by atoms with E-state index in [4.69, 9.17) is 11.6 Å². The fourth-order valence-corrected chi connectivity index (χ4v) is 4.06. The first-order valence-electron chi connectivity index (χ1n) is 7.42. The fraction of sp³-hybridized carbons (Fsp3) is 0.125. The van der Waals surface area contributed by atoms with Gasteiger partial charge in [-0.15, -0.1) is 6.58 Å². The maximum atomic E-state index is 13.1. The topological polar surface area (TPSA) is 124 Å². The van der Waals surface area contributed by atoms with Crippen LogP contribution in [-0.4, -0.2) is 24.8 Å². The number of nitro groups is 2. The number of non-ortho nitro benzene ring substituents is 1. The van der Waals surface area contributed by atoms with Crippen molar-refractivity contribution in [2.24, 2.45) is 0 Å². The molecule has 0 fully saturated rings. The SMILES string of the molecule is C=CCN(c1cc([N+](=O)[O-])ccc1Cl)S(=O)(=O)c1ccc(C)c([N+](=O)[O-])c1. The molecule has 0 unspecified atom stereocenters. The van der Waals surface area contributed by atoms with Crippen molar-refractivity contribution in [1.29, 1.82) is 0 Å². The van der Waals surface area contributed by atoms with Crippen LogP contribution in [0.5, 0.6) is 0 Å².